The van der Waals surface area contributed by atoms with Crippen LogP contribution in [0, 0.1) is 0 Å². The predicted octanol–water partition coefficient (Wildman–Crippen LogP) is 1.25. The van der Waals surface area contributed by atoms with E-state index in [1.54, 1.807) is 7.11 Å². The summed E-state index contributed by atoms with van der Waals surface area (Å²) in [5.74, 6) is 0.814. The molecule has 0 saturated carbocycles. The third kappa shape index (κ3) is 3.55. The first kappa shape index (κ1) is 11.5. The lowest BCUT2D eigenvalue weighted by Gasteiger charge is -2.03. The lowest BCUT2D eigenvalue weighted by Crippen LogP contribution is -2.25. The van der Waals surface area contributed by atoms with Crippen molar-refractivity contribution in [3.05, 3.63) is 29.8 Å². The highest BCUT2D eigenvalue weighted by Gasteiger charge is 1.97. The molecule has 0 fully saturated rings. The first-order valence-corrected chi connectivity index (χ1v) is 4.78. The van der Waals surface area contributed by atoms with Gasteiger partial charge in [0.25, 0.3) is 0 Å². The molecule has 0 amide bonds. The number of hydrazone groups is 1. The Kier molecular flexibility index (Phi) is 4.05. The van der Waals surface area contributed by atoms with Gasteiger partial charge in [0, 0.05) is 0 Å². The zero-order chi connectivity index (χ0) is 11.3. The van der Waals surface area contributed by atoms with Gasteiger partial charge in [-0.15, -0.1) is 0 Å². The van der Waals surface area contributed by atoms with Gasteiger partial charge in [-0.05, 0) is 49.0 Å². The van der Waals surface area contributed by atoms with Crippen LogP contribution in [0.4, 0.5) is 0 Å². The van der Waals surface area contributed by atoms with Crippen molar-refractivity contribution < 1.29 is 4.74 Å². The van der Waals surface area contributed by atoms with E-state index in [1.165, 1.54) is 0 Å². The van der Waals surface area contributed by atoms with Crippen molar-refractivity contribution in [2.75, 3.05) is 7.11 Å². The molecule has 0 aliphatic rings. The summed E-state index contributed by atoms with van der Waals surface area (Å²) in [4.78, 5) is 0. The zero-order valence-corrected chi connectivity index (χ0v) is 9.47. The Morgan fingerprint density at radius 2 is 2.00 bits per heavy atom. The number of nitrogens with two attached hydrogens (primary N) is 1. The summed E-state index contributed by atoms with van der Waals surface area (Å²) < 4.78 is 5.05. The van der Waals surface area contributed by atoms with Crippen molar-refractivity contribution >= 4 is 23.0 Å². The minimum atomic E-state index is 0.155. The largest absolute Gasteiger partial charge is 0.497 e. The third-order valence-corrected chi connectivity index (χ3v) is 1.93. The van der Waals surface area contributed by atoms with Crippen LogP contribution in [0.5, 0.6) is 5.75 Å². The van der Waals surface area contributed by atoms with E-state index >= 15 is 0 Å². The molecular formula is C10H13N3OS. The molecule has 0 aliphatic heterocycles. The van der Waals surface area contributed by atoms with Crippen molar-refractivity contribution in [2.24, 2.45) is 10.8 Å². The van der Waals surface area contributed by atoms with Gasteiger partial charge in [0.1, 0.15) is 5.75 Å². The van der Waals surface area contributed by atoms with E-state index in [2.05, 4.69) is 22.7 Å². The van der Waals surface area contributed by atoms with Crippen LogP contribution in [-0.2, 0) is 0 Å². The predicted molar refractivity (Wildman–Crippen MR) is 65.1 cm³/mol. The smallest absolute Gasteiger partial charge is 0.184 e. The van der Waals surface area contributed by atoms with Gasteiger partial charge in [-0.2, -0.15) is 5.10 Å². The lowest BCUT2D eigenvalue weighted by atomic mass is 10.1. The number of hydrogen-bond donors (Lipinski definition) is 2. The molecule has 3 N–H and O–H groups in total. The Morgan fingerprint density at radius 1 is 1.40 bits per heavy atom. The van der Waals surface area contributed by atoms with E-state index in [4.69, 9.17) is 10.5 Å². The van der Waals surface area contributed by atoms with Crippen molar-refractivity contribution in [1.82, 2.24) is 5.43 Å². The van der Waals surface area contributed by atoms with E-state index in [0.717, 1.165) is 17.0 Å². The van der Waals surface area contributed by atoms with Crippen molar-refractivity contribution in [1.29, 1.82) is 0 Å². The maximum absolute atomic E-state index is 5.26. The highest BCUT2D eigenvalue weighted by molar-refractivity contribution is 7.80. The first-order valence-electron chi connectivity index (χ1n) is 4.37. The van der Waals surface area contributed by atoms with Gasteiger partial charge in [-0.25, -0.2) is 0 Å². The molecule has 0 atom stereocenters. The van der Waals surface area contributed by atoms with Crippen molar-refractivity contribution in [3.8, 4) is 5.75 Å². The number of ether oxygens (including phenoxy) is 1. The molecule has 0 unspecified atom stereocenters. The minimum Gasteiger partial charge on any atom is -0.497 e. The molecule has 0 heterocycles. The second kappa shape index (κ2) is 5.31. The van der Waals surface area contributed by atoms with Crippen LogP contribution < -0.4 is 15.9 Å². The summed E-state index contributed by atoms with van der Waals surface area (Å²) in [5.41, 5.74) is 9.59. The summed E-state index contributed by atoms with van der Waals surface area (Å²) in [7, 11) is 1.63. The Hall–Kier alpha value is -1.62. The third-order valence-electron chi connectivity index (χ3n) is 1.84. The average molecular weight is 223 g/mol. The van der Waals surface area contributed by atoms with Crippen LogP contribution in [0.25, 0.3) is 0 Å². The van der Waals surface area contributed by atoms with Gasteiger partial charge < -0.3 is 10.5 Å². The van der Waals surface area contributed by atoms with E-state index < -0.39 is 0 Å². The lowest BCUT2D eigenvalue weighted by molar-refractivity contribution is 0.415. The quantitative estimate of drug-likeness (QED) is 0.460. The van der Waals surface area contributed by atoms with Crippen molar-refractivity contribution in [3.63, 3.8) is 0 Å². The Morgan fingerprint density at radius 3 is 2.47 bits per heavy atom. The molecular weight excluding hydrogens is 210 g/mol. The van der Waals surface area contributed by atoms with E-state index in [-0.39, 0.29) is 5.11 Å². The summed E-state index contributed by atoms with van der Waals surface area (Å²) in [6.45, 7) is 1.87. The topological polar surface area (TPSA) is 59.6 Å². The number of methoxy groups -OCH3 is 1. The van der Waals surface area contributed by atoms with Gasteiger partial charge in [-0.3, -0.25) is 5.43 Å². The fourth-order valence-electron chi connectivity index (χ4n) is 1.04. The highest BCUT2D eigenvalue weighted by atomic mass is 32.1. The molecule has 0 aromatic heterocycles. The summed E-state index contributed by atoms with van der Waals surface area (Å²) in [5, 5.41) is 4.16. The van der Waals surface area contributed by atoms with Gasteiger partial charge in [0.05, 0.1) is 12.8 Å². The molecule has 0 spiro atoms. The standard InChI is InChI=1S/C10H13N3OS/c1-7(12-13-10(11)15)8-3-5-9(14-2)6-4-8/h3-6H,1-2H3,(H3,11,13,15)/b12-7+. The molecule has 0 radical (unpaired) electrons. The maximum atomic E-state index is 5.26. The van der Waals surface area contributed by atoms with Crippen LogP contribution in [0.15, 0.2) is 29.4 Å². The van der Waals surface area contributed by atoms with E-state index in [0.29, 0.717) is 0 Å². The zero-order valence-electron chi connectivity index (χ0n) is 8.65. The molecule has 1 rings (SSSR count). The highest BCUT2D eigenvalue weighted by Crippen LogP contribution is 2.11. The summed E-state index contributed by atoms with van der Waals surface area (Å²) >= 11 is 4.64. The minimum absolute atomic E-state index is 0.155. The van der Waals surface area contributed by atoms with Gasteiger partial charge in [0.15, 0.2) is 5.11 Å². The van der Waals surface area contributed by atoms with Crippen LogP contribution in [-0.4, -0.2) is 17.9 Å². The number of thiocarbonyl (C=S) groups is 1. The molecule has 1 aromatic carbocycles. The van der Waals surface area contributed by atoms with E-state index in [1.807, 2.05) is 31.2 Å². The fraction of sp³-hybridized carbons (Fsp3) is 0.200. The molecule has 0 bridgehead atoms. The molecule has 15 heavy (non-hydrogen) atoms. The second-order valence-electron chi connectivity index (χ2n) is 2.90. The Balaban J connectivity index is 2.77. The molecule has 4 nitrogen and oxygen atoms in total. The van der Waals surface area contributed by atoms with E-state index in [9.17, 15) is 0 Å². The normalized spacial score (nSPS) is 10.9. The monoisotopic (exact) mass is 223 g/mol. The number of rotatable bonds is 3. The fourth-order valence-corrected chi connectivity index (χ4v) is 1.08. The first-order chi connectivity index (χ1) is 7.13. The molecule has 0 aliphatic carbocycles. The second-order valence-corrected chi connectivity index (χ2v) is 3.34. The van der Waals surface area contributed by atoms with Gasteiger partial charge in [-0.1, -0.05) is 0 Å². The van der Waals surface area contributed by atoms with Crippen LogP contribution in [0.2, 0.25) is 0 Å². The summed E-state index contributed by atoms with van der Waals surface area (Å²) in [6.07, 6.45) is 0. The summed E-state index contributed by atoms with van der Waals surface area (Å²) in [6, 6.07) is 7.57. The van der Waals surface area contributed by atoms with Crippen LogP contribution in [0.1, 0.15) is 12.5 Å². The van der Waals surface area contributed by atoms with Crippen LogP contribution in [0.3, 0.4) is 0 Å². The average Bonchev–Trinajstić information content (AvgIpc) is 2.26. The Bertz CT molecular complexity index is 373. The number of nitrogens with one attached hydrogen (secondary N) is 1. The number of nitrogens with zero attached hydrogens (tertiary/aromatic N) is 1. The maximum Gasteiger partial charge on any atom is 0.184 e. The van der Waals surface area contributed by atoms with Gasteiger partial charge >= 0.3 is 0 Å². The SMILES string of the molecule is COc1ccc(/C(C)=N/NC(N)=S)cc1. The molecule has 5 heteroatoms. The van der Waals surface area contributed by atoms with Crippen LogP contribution >= 0.6 is 12.2 Å². The van der Waals surface area contributed by atoms with Crippen molar-refractivity contribution in [2.45, 2.75) is 6.92 Å². The number of benzene rings is 1. The molecule has 1 aromatic rings. The van der Waals surface area contributed by atoms with Gasteiger partial charge in [0.2, 0.25) is 0 Å². The number of hydrogen-bond acceptors (Lipinski definition) is 3. The Labute approximate surface area is 94.1 Å². The molecule has 0 saturated heterocycles. The molecule has 80 valence electrons.